The number of amidine groups is 1. The van der Waals surface area contributed by atoms with Gasteiger partial charge in [-0.2, -0.15) is 0 Å². The Kier molecular flexibility index (Phi) is 4.76. The van der Waals surface area contributed by atoms with Crippen LogP contribution in [-0.4, -0.2) is 17.5 Å². The Hall–Kier alpha value is -1.85. The van der Waals surface area contributed by atoms with Crippen molar-refractivity contribution >= 4 is 21.8 Å². The van der Waals surface area contributed by atoms with Crippen LogP contribution in [0.25, 0.3) is 0 Å². The largest absolute Gasteiger partial charge is 0.456 e. The first-order chi connectivity index (χ1) is 9.61. The van der Waals surface area contributed by atoms with Crippen molar-refractivity contribution in [3.8, 4) is 11.5 Å². The number of halogens is 1. The van der Waals surface area contributed by atoms with E-state index in [0.29, 0.717) is 23.5 Å². The highest BCUT2D eigenvalue weighted by Crippen LogP contribution is 2.32. The molecule has 0 aliphatic heterocycles. The van der Waals surface area contributed by atoms with E-state index in [-0.39, 0.29) is 12.4 Å². The molecule has 0 bridgehead atoms. The molecule has 0 aromatic heterocycles. The molecule has 104 valence electrons. The van der Waals surface area contributed by atoms with Crippen molar-refractivity contribution < 1.29 is 9.84 Å². The second-order valence-electron chi connectivity index (χ2n) is 4.24. The molecule has 0 radical (unpaired) electrons. The third-order valence-corrected chi connectivity index (χ3v) is 3.44. The highest BCUT2D eigenvalue weighted by atomic mass is 79.9. The van der Waals surface area contributed by atoms with Crippen molar-refractivity contribution in [3.05, 3.63) is 58.1 Å². The number of nitrogen functional groups attached to an aromatic ring is 1. The molecule has 0 amide bonds. The molecule has 5 heteroatoms. The average molecular weight is 335 g/mol. The lowest BCUT2D eigenvalue weighted by Crippen LogP contribution is -2.10. The van der Waals surface area contributed by atoms with E-state index in [0.717, 1.165) is 10.0 Å². The maximum atomic E-state index is 9.06. The van der Waals surface area contributed by atoms with Gasteiger partial charge in [-0.3, -0.25) is 5.41 Å². The lowest BCUT2D eigenvalue weighted by atomic mass is 10.1. The average Bonchev–Trinajstić information content (AvgIpc) is 2.43. The van der Waals surface area contributed by atoms with Gasteiger partial charge in [0.2, 0.25) is 0 Å². The van der Waals surface area contributed by atoms with E-state index in [1.165, 1.54) is 0 Å². The van der Waals surface area contributed by atoms with Gasteiger partial charge in [0.15, 0.2) is 0 Å². The molecule has 0 fully saturated rings. The topological polar surface area (TPSA) is 79.3 Å². The summed E-state index contributed by atoms with van der Waals surface area (Å²) in [6.45, 7) is 0.0742. The van der Waals surface area contributed by atoms with E-state index in [2.05, 4.69) is 15.9 Å². The number of nitrogens with two attached hydrogens (primary N) is 1. The number of aliphatic hydroxyl groups excluding tert-OH is 1. The van der Waals surface area contributed by atoms with Gasteiger partial charge in [-0.05, 0) is 52.2 Å². The third kappa shape index (κ3) is 3.37. The van der Waals surface area contributed by atoms with Crippen LogP contribution in [0.1, 0.15) is 11.1 Å². The number of aliphatic hydroxyl groups is 1. The fraction of sp³-hybridized carbons (Fsp3) is 0.133. The maximum absolute atomic E-state index is 9.06. The van der Waals surface area contributed by atoms with Gasteiger partial charge in [0, 0.05) is 12.2 Å². The van der Waals surface area contributed by atoms with Crippen molar-refractivity contribution in [3.63, 3.8) is 0 Å². The summed E-state index contributed by atoms with van der Waals surface area (Å²) in [6, 6.07) is 12.8. The molecule has 0 aliphatic carbocycles. The van der Waals surface area contributed by atoms with Crippen molar-refractivity contribution in [1.29, 1.82) is 5.41 Å². The lowest BCUT2D eigenvalue weighted by molar-refractivity contribution is 0.298. The van der Waals surface area contributed by atoms with Gasteiger partial charge in [-0.15, -0.1) is 0 Å². The van der Waals surface area contributed by atoms with Gasteiger partial charge in [0.05, 0.1) is 4.47 Å². The fourth-order valence-electron chi connectivity index (χ4n) is 1.80. The van der Waals surface area contributed by atoms with Crippen LogP contribution in [-0.2, 0) is 6.42 Å². The van der Waals surface area contributed by atoms with Gasteiger partial charge in [0.1, 0.15) is 17.3 Å². The first-order valence-electron chi connectivity index (χ1n) is 6.12. The van der Waals surface area contributed by atoms with Gasteiger partial charge in [-0.1, -0.05) is 18.2 Å². The molecule has 0 aliphatic rings. The predicted molar refractivity (Wildman–Crippen MR) is 82.5 cm³/mol. The summed E-state index contributed by atoms with van der Waals surface area (Å²) in [5.41, 5.74) is 7.02. The third-order valence-electron chi connectivity index (χ3n) is 2.82. The van der Waals surface area contributed by atoms with E-state index >= 15 is 0 Å². The molecule has 0 saturated heterocycles. The molecular formula is C15H15BrN2O2. The van der Waals surface area contributed by atoms with Crippen LogP contribution in [0.3, 0.4) is 0 Å². The van der Waals surface area contributed by atoms with Crippen LogP contribution < -0.4 is 10.5 Å². The summed E-state index contributed by atoms with van der Waals surface area (Å²) in [7, 11) is 0. The normalized spacial score (nSPS) is 10.3. The van der Waals surface area contributed by atoms with E-state index < -0.39 is 0 Å². The molecule has 4 nitrogen and oxygen atoms in total. The van der Waals surface area contributed by atoms with Crippen LogP contribution in [0.5, 0.6) is 11.5 Å². The number of hydrogen-bond acceptors (Lipinski definition) is 3. The van der Waals surface area contributed by atoms with Gasteiger partial charge in [-0.25, -0.2) is 0 Å². The summed E-state index contributed by atoms with van der Waals surface area (Å²) in [5, 5.41) is 16.5. The molecule has 20 heavy (non-hydrogen) atoms. The predicted octanol–water partition coefficient (Wildman–Crippen LogP) is 3.06. The lowest BCUT2D eigenvalue weighted by Gasteiger charge is -2.12. The minimum Gasteiger partial charge on any atom is -0.456 e. The SMILES string of the molecule is N=C(N)c1ccc(Oc2ccccc2CCO)c(Br)c1. The summed E-state index contributed by atoms with van der Waals surface area (Å²) in [4.78, 5) is 0. The number of ether oxygens (including phenoxy) is 1. The summed E-state index contributed by atoms with van der Waals surface area (Å²) in [6.07, 6.45) is 0.541. The van der Waals surface area contributed by atoms with Crippen molar-refractivity contribution in [2.75, 3.05) is 6.61 Å². The Morgan fingerprint density at radius 2 is 1.95 bits per heavy atom. The highest BCUT2D eigenvalue weighted by molar-refractivity contribution is 9.10. The van der Waals surface area contributed by atoms with Crippen molar-refractivity contribution in [1.82, 2.24) is 0 Å². The minimum absolute atomic E-state index is 0.0120. The molecule has 2 aromatic carbocycles. The first-order valence-corrected chi connectivity index (χ1v) is 6.91. The number of hydrogen-bond donors (Lipinski definition) is 3. The van der Waals surface area contributed by atoms with Gasteiger partial charge in [0.25, 0.3) is 0 Å². The molecule has 2 aromatic rings. The smallest absolute Gasteiger partial charge is 0.141 e. The molecule has 0 saturated carbocycles. The zero-order chi connectivity index (χ0) is 14.5. The summed E-state index contributed by atoms with van der Waals surface area (Å²) < 4.78 is 6.58. The first kappa shape index (κ1) is 14.6. The van der Waals surface area contributed by atoms with Crippen LogP contribution in [0.2, 0.25) is 0 Å². The zero-order valence-electron chi connectivity index (χ0n) is 10.8. The molecule has 4 N–H and O–H groups in total. The Bertz CT molecular complexity index is 629. The molecule has 0 heterocycles. The summed E-state index contributed by atoms with van der Waals surface area (Å²) in [5.74, 6) is 1.36. The standard InChI is InChI=1S/C15H15BrN2O2/c16-12-9-11(15(17)18)5-6-14(12)20-13-4-2-1-3-10(13)7-8-19/h1-6,9,19H,7-8H2,(H3,17,18). The Balaban J connectivity index is 2.28. The van der Waals surface area contributed by atoms with Crippen LogP contribution >= 0.6 is 15.9 Å². The maximum Gasteiger partial charge on any atom is 0.141 e. The Morgan fingerprint density at radius 3 is 2.60 bits per heavy atom. The molecule has 0 spiro atoms. The second kappa shape index (κ2) is 6.54. The van der Waals surface area contributed by atoms with E-state index in [4.69, 9.17) is 21.0 Å². The monoisotopic (exact) mass is 334 g/mol. The number of rotatable bonds is 5. The minimum atomic E-state index is 0.0120. The van der Waals surface area contributed by atoms with Crippen LogP contribution in [0.4, 0.5) is 0 Å². The van der Waals surface area contributed by atoms with Gasteiger partial charge < -0.3 is 15.6 Å². The molecule has 2 rings (SSSR count). The number of benzene rings is 2. The molecular weight excluding hydrogens is 320 g/mol. The van der Waals surface area contributed by atoms with E-state index in [1.807, 2.05) is 24.3 Å². The Morgan fingerprint density at radius 1 is 1.20 bits per heavy atom. The molecule has 0 atom stereocenters. The summed E-state index contributed by atoms with van der Waals surface area (Å²) >= 11 is 3.41. The van der Waals surface area contributed by atoms with Crippen LogP contribution in [0.15, 0.2) is 46.9 Å². The highest BCUT2D eigenvalue weighted by Gasteiger charge is 2.08. The second-order valence-corrected chi connectivity index (χ2v) is 5.10. The molecule has 0 unspecified atom stereocenters. The zero-order valence-corrected chi connectivity index (χ0v) is 12.4. The Labute approximate surface area is 125 Å². The van der Waals surface area contributed by atoms with Crippen LogP contribution in [0, 0.1) is 5.41 Å². The quantitative estimate of drug-likeness (QED) is 0.580. The fourth-order valence-corrected chi connectivity index (χ4v) is 2.26. The van der Waals surface area contributed by atoms with Crippen molar-refractivity contribution in [2.45, 2.75) is 6.42 Å². The van der Waals surface area contributed by atoms with Crippen molar-refractivity contribution in [2.24, 2.45) is 5.73 Å². The van der Waals surface area contributed by atoms with E-state index in [9.17, 15) is 0 Å². The number of para-hydroxylation sites is 1. The van der Waals surface area contributed by atoms with E-state index in [1.54, 1.807) is 18.2 Å². The number of nitrogens with one attached hydrogen (secondary N) is 1. The van der Waals surface area contributed by atoms with Gasteiger partial charge >= 0.3 is 0 Å².